The van der Waals surface area contributed by atoms with Crippen molar-refractivity contribution in [2.45, 2.75) is 6.42 Å². The molecule has 84 valence electrons. The molecule has 1 aliphatic heterocycles. The topological polar surface area (TPSA) is 45.0 Å². The Labute approximate surface area is 104 Å². The summed E-state index contributed by atoms with van der Waals surface area (Å²) in [6.45, 7) is 2.61. The lowest BCUT2D eigenvalue weighted by molar-refractivity contribution is 0.187. The van der Waals surface area contributed by atoms with Crippen LogP contribution in [0.15, 0.2) is 22.7 Å². The van der Waals surface area contributed by atoms with E-state index in [1.807, 2.05) is 18.2 Å². The highest BCUT2D eigenvalue weighted by molar-refractivity contribution is 9.10. The minimum Gasteiger partial charge on any atom is -0.385 e. The molecule has 0 aliphatic carbocycles. The van der Waals surface area contributed by atoms with Gasteiger partial charge in [-0.05, 0) is 24.6 Å². The van der Waals surface area contributed by atoms with Gasteiger partial charge in [0.1, 0.15) is 0 Å². The predicted molar refractivity (Wildman–Crippen MR) is 66.3 cm³/mol. The van der Waals surface area contributed by atoms with Gasteiger partial charge >= 0.3 is 0 Å². The Balaban J connectivity index is 1.98. The van der Waals surface area contributed by atoms with Crippen LogP contribution < -0.4 is 5.32 Å². The SMILES string of the molecule is N#Cc1cc(Br)cc(NCC2CCOC2)c1. The van der Waals surface area contributed by atoms with E-state index in [4.69, 9.17) is 10.00 Å². The van der Waals surface area contributed by atoms with Gasteiger partial charge in [-0.15, -0.1) is 0 Å². The maximum Gasteiger partial charge on any atom is 0.0992 e. The van der Waals surface area contributed by atoms with Crippen molar-refractivity contribution in [1.29, 1.82) is 5.26 Å². The Bertz CT molecular complexity index is 408. The zero-order valence-corrected chi connectivity index (χ0v) is 10.5. The van der Waals surface area contributed by atoms with Crippen LogP contribution in [0, 0.1) is 17.2 Å². The van der Waals surface area contributed by atoms with E-state index in [1.165, 1.54) is 0 Å². The third-order valence-corrected chi connectivity index (χ3v) is 3.10. The Morgan fingerprint density at radius 1 is 1.50 bits per heavy atom. The summed E-state index contributed by atoms with van der Waals surface area (Å²) in [4.78, 5) is 0. The van der Waals surface area contributed by atoms with Crippen molar-refractivity contribution in [2.75, 3.05) is 25.1 Å². The summed E-state index contributed by atoms with van der Waals surface area (Å²) in [5.41, 5.74) is 1.65. The zero-order valence-electron chi connectivity index (χ0n) is 8.87. The van der Waals surface area contributed by atoms with Gasteiger partial charge in [0, 0.05) is 29.2 Å². The van der Waals surface area contributed by atoms with Crippen molar-refractivity contribution in [1.82, 2.24) is 0 Å². The second kappa shape index (κ2) is 5.33. The highest BCUT2D eigenvalue weighted by Crippen LogP contribution is 2.20. The molecule has 1 heterocycles. The van der Waals surface area contributed by atoms with E-state index < -0.39 is 0 Å². The fourth-order valence-corrected chi connectivity index (χ4v) is 2.26. The number of anilines is 1. The van der Waals surface area contributed by atoms with Gasteiger partial charge in [-0.25, -0.2) is 0 Å². The molecule has 0 radical (unpaired) electrons. The van der Waals surface area contributed by atoms with Crippen molar-refractivity contribution in [3.05, 3.63) is 28.2 Å². The molecule has 2 rings (SSSR count). The number of halogens is 1. The molecule has 1 aromatic rings. The average molecular weight is 281 g/mol. The summed E-state index contributed by atoms with van der Waals surface area (Å²) in [7, 11) is 0. The minimum absolute atomic E-state index is 0.588. The van der Waals surface area contributed by atoms with Gasteiger partial charge in [-0.2, -0.15) is 5.26 Å². The molecule has 3 nitrogen and oxygen atoms in total. The molecule has 1 fully saturated rings. The molecule has 0 spiro atoms. The molecule has 0 aromatic heterocycles. The van der Waals surface area contributed by atoms with E-state index in [9.17, 15) is 0 Å². The number of ether oxygens (including phenoxy) is 1. The van der Waals surface area contributed by atoms with Crippen LogP contribution in [-0.2, 0) is 4.74 Å². The van der Waals surface area contributed by atoms with Crippen molar-refractivity contribution in [3.63, 3.8) is 0 Å². The van der Waals surface area contributed by atoms with Gasteiger partial charge in [-0.3, -0.25) is 0 Å². The second-order valence-electron chi connectivity index (χ2n) is 3.95. The number of nitrogens with zero attached hydrogens (tertiary/aromatic N) is 1. The zero-order chi connectivity index (χ0) is 11.4. The number of hydrogen-bond donors (Lipinski definition) is 1. The molecule has 1 aliphatic rings. The molecule has 0 saturated carbocycles. The molecule has 0 amide bonds. The molecule has 1 N–H and O–H groups in total. The van der Waals surface area contributed by atoms with Gasteiger partial charge < -0.3 is 10.1 Å². The van der Waals surface area contributed by atoms with Gasteiger partial charge in [-0.1, -0.05) is 15.9 Å². The number of rotatable bonds is 3. The molecule has 1 unspecified atom stereocenters. The lowest BCUT2D eigenvalue weighted by Gasteiger charge is -2.11. The monoisotopic (exact) mass is 280 g/mol. The summed E-state index contributed by atoms with van der Waals surface area (Å²) in [5.74, 6) is 0.588. The lowest BCUT2D eigenvalue weighted by atomic mass is 10.1. The van der Waals surface area contributed by atoms with E-state index in [-0.39, 0.29) is 0 Å². The highest BCUT2D eigenvalue weighted by Gasteiger charge is 2.14. The fraction of sp³-hybridized carbons (Fsp3) is 0.417. The molecule has 1 saturated heterocycles. The van der Waals surface area contributed by atoms with Crippen molar-refractivity contribution in [3.8, 4) is 6.07 Å². The first-order valence-electron chi connectivity index (χ1n) is 5.30. The van der Waals surface area contributed by atoms with Crippen LogP contribution in [0.3, 0.4) is 0 Å². The van der Waals surface area contributed by atoms with Crippen molar-refractivity contribution in [2.24, 2.45) is 5.92 Å². The van der Waals surface area contributed by atoms with Gasteiger partial charge in [0.2, 0.25) is 0 Å². The third kappa shape index (κ3) is 2.97. The maximum atomic E-state index is 8.85. The smallest absolute Gasteiger partial charge is 0.0992 e. The average Bonchev–Trinajstić information content (AvgIpc) is 2.78. The summed E-state index contributed by atoms with van der Waals surface area (Å²) >= 11 is 3.39. The maximum absolute atomic E-state index is 8.85. The fourth-order valence-electron chi connectivity index (χ4n) is 1.76. The molecule has 4 heteroatoms. The molecular formula is C12H13BrN2O. The predicted octanol–water partition coefficient (Wildman–Crippen LogP) is 2.77. The molecule has 1 aromatic carbocycles. The first-order valence-corrected chi connectivity index (χ1v) is 6.09. The quantitative estimate of drug-likeness (QED) is 0.926. The van der Waals surface area contributed by atoms with E-state index in [1.54, 1.807) is 0 Å². The Kier molecular flexibility index (Phi) is 3.81. The summed E-state index contributed by atoms with van der Waals surface area (Å²) in [6, 6.07) is 7.80. The largest absolute Gasteiger partial charge is 0.385 e. The standard InChI is InChI=1S/C12H13BrN2O/c13-11-3-10(6-14)4-12(5-11)15-7-9-1-2-16-8-9/h3-5,9,15H,1-2,7-8H2. The second-order valence-corrected chi connectivity index (χ2v) is 4.87. The lowest BCUT2D eigenvalue weighted by Crippen LogP contribution is -2.14. The first-order chi connectivity index (χ1) is 7.78. The van der Waals surface area contributed by atoms with Crippen LogP contribution in [-0.4, -0.2) is 19.8 Å². The van der Waals surface area contributed by atoms with E-state index >= 15 is 0 Å². The van der Waals surface area contributed by atoms with E-state index in [0.29, 0.717) is 11.5 Å². The van der Waals surface area contributed by atoms with Crippen LogP contribution >= 0.6 is 15.9 Å². The Hall–Kier alpha value is -1.05. The van der Waals surface area contributed by atoms with Crippen LogP contribution in [0.5, 0.6) is 0 Å². The van der Waals surface area contributed by atoms with Crippen LogP contribution in [0.4, 0.5) is 5.69 Å². The van der Waals surface area contributed by atoms with E-state index in [2.05, 4.69) is 27.3 Å². The third-order valence-electron chi connectivity index (χ3n) is 2.65. The summed E-state index contributed by atoms with van der Waals surface area (Å²) in [5, 5.41) is 12.2. The molecule has 0 bridgehead atoms. The van der Waals surface area contributed by atoms with E-state index in [0.717, 1.165) is 36.3 Å². The number of hydrogen-bond acceptors (Lipinski definition) is 3. The first kappa shape index (κ1) is 11.4. The minimum atomic E-state index is 0.588. The van der Waals surface area contributed by atoms with Gasteiger partial charge in [0.15, 0.2) is 0 Å². The number of nitriles is 1. The van der Waals surface area contributed by atoms with Crippen molar-refractivity contribution < 1.29 is 4.74 Å². The molecular weight excluding hydrogens is 268 g/mol. The van der Waals surface area contributed by atoms with Crippen LogP contribution in [0.25, 0.3) is 0 Å². The Morgan fingerprint density at radius 3 is 3.06 bits per heavy atom. The van der Waals surface area contributed by atoms with Gasteiger partial charge in [0.05, 0.1) is 18.2 Å². The summed E-state index contributed by atoms with van der Waals surface area (Å²) in [6.07, 6.45) is 1.12. The Morgan fingerprint density at radius 2 is 2.38 bits per heavy atom. The van der Waals surface area contributed by atoms with Crippen LogP contribution in [0.1, 0.15) is 12.0 Å². The van der Waals surface area contributed by atoms with Gasteiger partial charge in [0.25, 0.3) is 0 Å². The molecule has 16 heavy (non-hydrogen) atoms. The summed E-state index contributed by atoms with van der Waals surface area (Å²) < 4.78 is 6.24. The van der Waals surface area contributed by atoms with Crippen molar-refractivity contribution >= 4 is 21.6 Å². The number of benzene rings is 1. The number of nitrogens with one attached hydrogen (secondary N) is 1. The highest BCUT2D eigenvalue weighted by atomic mass is 79.9. The molecule has 1 atom stereocenters. The van der Waals surface area contributed by atoms with Crippen LogP contribution in [0.2, 0.25) is 0 Å². The normalized spacial score (nSPS) is 19.4.